The molecule has 0 unspecified atom stereocenters. The number of aromatic nitrogens is 3. The molecule has 0 aliphatic carbocycles. The van der Waals surface area contributed by atoms with Gasteiger partial charge in [0.1, 0.15) is 4.83 Å². The van der Waals surface area contributed by atoms with Crippen LogP contribution in [0.15, 0.2) is 109 Å². The van der Waals surface area contributed by atoms with Gasteiger partial charge in [0.25, 0.3) is 0 Å². The zero-order valence-corrected chi connectivity index (χ0v) is 22.0. The fraction of sp³-hybridized carbons (Fsp3) is 0.0286. The molecule has 5 aromatic carbocycles. The average molecular weight is 516 g/mol. The van der Waals surface area contributed by atoms with Gasteiger partial charge in [0, 0.05) is 55.3 Å². The van der Waals surface area contributed by atoms with E-state index in [1.54, 1.807) is 0 Å². The maximum atomic E-state index is 2.61. The Bertz CT molecular complexity index is 2610. The van der Waals surface area contributed by atoms with E-state index in [1.807, 2.05) is 11.3 Å². The Morgan fingerprint density at radius 1 is 0.487 bits per heavy atom. The van der Waals surface area contributed by atoms with Crippen molar-refractivity contribution in [2.45, 2.75) is 0 Å². The van der Waals surface area contributed by atoms with Crippen molar-refractivity contribution in [2.24, 2.45) is 7.05 Å². The summed E-state index contributed by atoms with van der Waals surface area (Å²) in [6.45, 7) is 0. The Morgan fingerprint density at radius 2 is 1.21 bits per heavy atom. The average Bonchev–Trinajstić information content (AvgIpc) is 3.68. The number of para-hydroxylation sites is 2. The fourth-order valence-electron chi connectivity index (χ4n) is 7.26. The molecule has 0 aliphatic rings. The number of hydrogen-bond donors (Lipinski definition) is 0. The molecule has 0 saturated carbocycles. The molecule has 0 radical (unpaired) electrons. The van der Waals surface area contributed by atoms with Crippen LogP contribution in [0.5, 0.6) is 0 Å². The highest BCUT2D eigenvalue weighted by atomic mass is 32.1. The minimum absolute atomic E-state index is 1.19. The van der Waals surface area contributed by atoms with Crippen LogP contribution < -0.4 is 0 Å². The molecule has 3 nitrogen and oxygen atoms in total. The van der Waals surface area contributed by atoms with Crippen LogP contribution in [-0.2, 0) is 7.05 Å². The lowest BCUT2D eigenvalue weighted by Gasteiger charge is -2.08. The lowest BCUT2D eigenvalue weighted by atomic mass is 10.0. The maximum Gasteiger partial charge on any atom is 0.109 e. The van der Waals surface area contributed by atoms with Crippen molar-refractivity contribution in [1.29, 1.82) is 0 Å². The summed E-state index contributed by atoms with van der Waals surface area (Å²) >= 11 is 1.91. The van der Waals surface area contributed by atoms with Crippen molar-refractivity contribution in [2.75, 3.05) is 0 Å². The van der Waals surface area contributed by atoms with E-state index in [4.69, 9.17) is 0 Å². The molecule has 0 N–H and O–H groups in total. The van der Waals surface area contributed by atoms with Gasteiger partial charge in [-0.15, -0.1) is 11.3 Å². The largest absolute Gasteiger partial charge is 0.344 e. The summed E-state index contributed by atoms with van der Waals surface area (Å²) < 4.78 is 8.77. The molecule has 4 heteroatoms. The molecule has 182 valence electrons. The quantitative estimate of drug-likeness (QED) is 0.207. The number of rotatable bonds is 1. The second kappa shape index (κ2) is 6.79. The van der Waals surface area contributed by atoms with Crippen LogP contribution in [0.1, 0.15) is 0 Å². The number of thiophene rings is 1. The Labute approximate surface area is 226 Å². The van der Waals surface area contributed by atoms with E-state index in [2.05, 4.69) is 130 Å². The molecule has 0 spiro atoms. The minimum atomic E-state index is 1.19. The molecule has 0 fully saturated rings. The third-order valence-corrected chi connectivity index (χ3v) is 9.94. The first kappa shape index (κ1) is 20.2. The zero-order chi connectivity index (χ0) is 25.4. The normalized spacial score (nSPS) is 12.7. The van der Waals surface area contributed by atoms with Crippen LogP contribution in [0.2, 0.25) is 0 Å². The van der Waals surface area contributed by atoms with Crippen molar-refractivity contribution in [3.63, 3.8) is 0 Å². The van der Waals surface area contributed by atoms with Gasteiger partial charge < -0.3 is 9.13 Å². The molecule has 5 aromatic heterocycles. The van der Waals surface area contributed by atoms with Crippen LogP contribution >= 0.6 is 11.3 Å². The molecule has 0 saturated heterocycles. The van der Waals surface area contributed by atoms with Crippen molar-refractivity contribution >= 4 is 91.7 Å². The standard InChI is InChI=1S/C35H21N3S/c1-36-26-16-9-14-23-29-22-13-6-8-17-28(22)39-35(29)38-32-24(18-19-27(36)31(32)30(23)26)34-33(38)21-12-5-7-15-25(21)37(34)20-10-3-2-4-11-20/h2-19H,1H3. The van der Waals surface area contributed by atoms with Gasteiger partial charge in [-0.1, -0.05) is 66.7 Å². The van der Waals surface area contributed by atoms with Crippen LogP contribution in [0.25, 0.3) is 86.0 Å². The summed E-state index contributed by atoms with van der Waals surface area (Å²) in [6, 6.07) is 40.1. The van der Waals surface area contributed by atoms with Gasteiger partial charge in [0.2, 0.25) is 0 Å². The van der Waals surface area contributed by atoms with Gasteiger partial charge in [-0.25, -0.2) is 0 Å². The first-order valence-electron chi connectivity index (χ1n) is 13.4. The highest BCUT2D eigenvalue weighted by Crippen LogP contribution is 2.49. The molecular formula is C35H21N3S. The smallest absolute Gasteiger partial charge is 0.109 e. The summed E-state index contributed by atoms with van der Waals surface area (Å²) in [5, 5.41) is 9.30. The second-order valence-corrected chi connectivity index (χ2v) is 11.6. The predicted octanol–water partition coefficient (Wildman–Crippen LogP) is 9.64. The summed E-state index contributed by atoms with van der Waals surface area (Å²) in [7, 11) is 2.21. The van der Waals surface area contributed by atoms with Gasteiger partial charge in [0.15, 0.2) is 0 Å². The molecule has 0 amide bonds. The summed E-state index contributed by atoms with van der Waals surface area (Å²) in [6.07, 6.45) is 0. The van der Waals surface area contributed by atoms with Gasteiger partial charge in [-0.2, -0.15) is 0 Å². The highest BCUT2D eigenvalue weighted by molar-refractivity contribution is 7.25. The van der Waals surface area contributed by atoms with Gasteiger partial charge in [-0.3, -0.25) is 4.40 Å². The monoisotopic (exact) mass is 515 g/mol. The van der Waals surface area contributed by atoms with Gasteiger partial charge in [-0.05, 0) is 47.9 Å². The van der Waals surface area contributed by atoms with Crippen molar-refractivity contribution in [1.82, 2.24) is 13.5 Å². The van der Waals surface area contributed by atoms with E-state index in [-0.39, 0.29) is 0 Å². The predicted molar refractivity (Wildman–Crippen MR) is 167 cm³/mol. The lowest BCUT2D eigenvalue weighted by Crippen LogP contribution is -1.93. The third kappa shape index (κ3) is 2.24. The number of aryl methyl sites for hydroxylation is 1. The Kier molecular flexibility index (Phi) is 3.52. The SMILES string of the molecule is Cn1c2cccc3c2c2c1ccc1c4c(c5ccccc5n4-c4ccccc4)n(c4sc5ccccc5c34)c12. The van der Waals surface area contributed by atoms with Crippen LogP contribution in [-0.4, -0.2) is 13.5 Å². The van der Waals surface area contributed by atoms with Crippen LogP contribution in [0.3, 0.4) is 0 Å². The van der Waals surface area contributed by atoms with Gasteiger partial charge >= 0.3 is 0 Å². The number of nitrogens with zero attached hydrogens (tertiary/aromatic N) is 3. The summed E-state index contributed by atoms with van der Waals surface area (Å²) in [5.41, 5.74) is 8.87. The highest BCUT2D eigenvalue weighted by Gasteiger charge is 2.26. The Hall–Kier alpha value is -4.80. The van der Waals surface area contributed by atoms with E-state index < -0.39 is 0 Å². The van der Waals surface area contributed by atoms with E-state index in [9.17, 15) is 0 Å². The van der Waals surface area contributed by atoms with Crippen LogP contribution in [0.4, 0.5) is 0 Å². The number of benzene rings is 5. The number of hydrogen-bond acceptors (Lipinski definition) is 1. The molecule has 5 heterocycles. The summed E-state index contributed by atoms with van der Waals surface area (Å²) in [5.74, 6) is 0. The van der Waals surface area contributed by atoms with Crippen molar-refractivity contribution in [3.05, 3.63) is 109 Å². The first-order valence-corrected chi connectivity index (χ1v) is 14.2. The molecule has 10 rings (SSSR count). The van der Waals surface area contributed by atoms with E-state index in [0.717, 1.165) is 0 Å². The first-order chi connectivity index (χ1) is 19.3. The Morgan fingerprint density at radius 3 is 2.10 bits per heavy atom. The molecule has 0 atom stereocenters. The van der Waals surface area contributed by atoms with Crippen LogP contribution in [0, 0.1) is 0 Å². The summed E-state index contributed by atoms with van der Waals surface area (Å²) in [4.78, 5) is 1.31. The van der Waals surface area contributed by atoms with Gasteiger partial charge in [0.05, 0.1) is 27.6 Å². The lowest BCUT2D eigenvalue weighted by molar-refractivity contribution is 1.01. The van der Waals surface area contributed by atoms with E-state index in [0.29, 0.717) is 0 Å². The minimum Gasteiger partial charge on any atom is -0.344 e. The second-order valence-electron chi connectivity index (χ2n) is 10.6. The molecule has 10 aromatic rings. The molecular weight excluding hydrogens is 494 g/mol. The topological polar surface area (TPSA) is 14.3 Å². The third-order valence-electron chi connectivity index (χ3n) is 8.79. The molecule has 0 aliphatic heterocycles. The molecule has 39 heavy (non-hydrogen) atoms. The van der Waals surface area contributed by atoms with Crippen molar-refractivity contribution < 1.29 is 0 Å². The fourth-order valence-corrected chi connectivity index (χ4v) is 8.49. The zero-order valence-electron chi connectivity index (χ0n) is 21.1. The Balaban J connectivity index is 1.66. The van der Waals surface area contributed by atoms with Crippen molar-refractivity contribution in [3.8, 4) is 5.69 Å². The number of fused-ring (bicyclic) bond motifs is 10. The molecule has 0 bridgehead atoms. The maximum absolute atomic E-state index is 2.61. The van der Waals surface area contributed by atoms with E-state index >= 15 is 0 Å². The van der Waals surface area contributed by atoms with E-state index in [1.165, 1.54) is 86.0 Å².